The smallest absolute Gasteiger partial charge is 0.306 e. The van der Waals surface area contributed by atoms with E-state index in [1.165, 1.54) is 77.0 Å². The Labute approximate surface area is 413 Å². The zero-order valence-electron chi connectivity index (χ0n) is 43.6. The topological polar surface area (TPSA) is 78.9 Å². The van der Waals surface area contributed by atoms with Crippen LogP contribution in [-0.2, 0) is 28.6 Å². The third-order valence-electron chi connectivity index (χ3n) is 11.5. The molecule has 0 rings (SSSR count). The van der Waals surface area contributed by atoms with Crippen LogP contribution >= 0.6 is 0 Å². The van der Waals surface area contributed by atoms with Crippen LogP contribution in [0.25, 0.3) is 0 Å². The second-order valence-corrected chi connectivity index (χ2v) is 18.1. The molecule has 0 aromatic rings. The minimum Gasteiger partial charge on any atom is -0.462 e. The van der Waals surface area contributed by atoms with E-state index in [0.717, 1.165) is 135 Å². The summed E-state index contributed by atoms with van der Waals surface area (Å²) in [5.74, 6) is -0.929. The van der Waals surface area contributed by atoms with Gasteiger partial charge in [0.2, 0.25) is 0 Å². The zero-order valence-corrected chi connectivity index (χ0v) is 43.6. The molecule has 0 fully saturated rings. The Kier molecular flexibility index (Phi) is 51.9. The molecular formula is C61H102O6. The van der Waals surface area contributed by atoms with Gasteiger partial charge in [-0.1, -0.05) is 214 Å². The molecule has 0 aromatic carbocycles. The molecular weight excluding hydrogens is 829 g/mol. The van der Waals surface area contributed by atoms with Crippen LogP contribution < -0.4 is 0 Å². The maximum absolute atomic E-state index is 12.8. The van der Waals surface area contributed by atoms with E-state index in [4.69, 9.17) is 14.2 Å². The Morgan fingerprint density at radius 3 is 0.970 bits per heavy atom. The van der Waals surface area contributed by atoms with Gasteiger partial charge in [-0.05, 0) is 116 Å². The Morgan fingerprint density at radius 2 is 0.597 bits per heavy atom. The monoisotopic (exact) mass is 931 g/mol. The summed E-state index contributed by atoms with van der Waals surface area (Å²) in [7, 11) is 0. The predicted molar refractivity (Wildman–Crippen MR) is 288 cm³/mol. The van der Waals surface area contributed by atoms with Crippen LogP contribution in [0.1, 0.15) is 252 Å². The minimum absolute atomic E-state index is 0.0929. The number of unbranched alkanes of at least 4 members (excludes halogenated alkanes) is 22. The van der Waals surface area contributed by atoms with Gasteiger partial charge in [0.25, 0.3) is 0 Å². The highest BCUT2D eigenvalue weighted by atomic mass is 16.6. The van der Waals surface area contributed by atoms with E-state index in [1.54, 1.807) is 0 Å². The number of rotatable bonds is 49. The maximum Gasteiger partial charge on any atom is 0.306 e. The lowest BCUT2D eigenvalue weighted by Crippen LogP contribution is -2.30. The number of allylic oxidation sites excluding steroid dienone is 16. The fourth-order valence-corrected chi connectivity index (χ4v) is 7.36. The number of carbonyl (C=O) groups excluding carboxylic acids is 3. The highest BCUT2D eigenvalue weighted by Crippen LogP contribution is 2.14. The molecule has 0 saturated carbocycles. The molecule has 0 N–H and O–H groups in total. The summed E-state index contributed by atoms with van der Waals surface area (Å²) < 4.78 is 16.8. The summed E-state index contributed by atoms with van der Waals surface area (Å²) in [6.45, 7) is 6.43. The summed E-state index contributed by atoms with van der Waals surface area (Å²) >= 11 is 0. The van der Waals surface area contributed by atoms with E-state index in [2.05, 4.69) is 118 Å². The molecule has 0 aliphatic rings. The van der Waals surface area contributed by atoms with Gasteiger partial charge in [0.05, 0.1) is 0 Å². The molecule has 382 valence electrons. The Balaban J connectivity index is 4.41. The molecule has 0 aromatic heterocycles. The van der Waals surface area contributed by atoms with Gasteiger partial charge in [-0.2, -0.15) is 0 Å². The van der Waals surface area contributed by atoms with E-state index < -0.39 is 6.10 Å². The first-order valence-electron chi connectivity index (χ1n) is 27.7. The Morgan fingerprint density at radius 1 is 0.313 bits per heavy atom. The summed E-state index contributed by atoms with van der Waals surface area (Å²) in [5, 5.41) is 0. The van der Waals surface area contributed by atoms with Gasteiger partial charge < -0.3 is 14.2 Å². The highest BCUT2D eigenvalue weighted by Gasteiger charge is 2.19. The van der Waals surface area contributed by atoms with Gasteiger partial charge in [-0.3, -0.25) is 14.4 Å². The zero-order chi connectivity index (χ0) is 48.6. The van der Waals surface area contributed by atoms with E-state index >= 15 is 0 Å². The normalized spacial score (nSPS) is 12.8. The summed E-state index contributed by atoms with van der Waals surface area (Å²) in [6.07, 6.45) is 72.5. The summed E-state index contributed by atoms with van der Waals surface area (Å²) in [4.78, 5) is 38.1. The number of hydrogen-bond acceptors (Lipinski definition) is 6. The molecule has 0 spiro atoms. The highest BCUT2D eigenvalue weighted by molar-refractivity contribution is 5.71. The van der Waals surface area contributed by atoms with Crippen LogP contribution in [0.15, 0.2) is 97.2 Å². The third kappa shape index (κ3) is 53.2. The van der Waals surface area contributed by atoms with Crippen molar-refractivity contribution in [2.45, 2.75) is 258 Å². The predicted octanol–water partition coefficient (Wildman–Crippen LogP) is 18.5. The van der Waals surface area contributed by atoms with Crippen molar-refractivity contribution in [1.82, 2.24) is 0 Å². The molecule has 0 saturated heterocycles. The van der Waals surface area contributed by atoms with Crippen molar-refractivity contribution in [3.8, 4) is 0 Å². The lowest BCUT2D eigenvalue weighted by Gasteiger charge is -2.18. The molecule has 0 amide bonds. The molecule has 0 aliphatic carbocycles. The van der Waals surface area contributed by atoms with Gasteiger partial charge in [-0.25, -0.2) is 0 Å². The number of esters is 3. The first kappa shape index (κ1) is 63.3. The molecule has 0 bridgehead atoms. The molecule has 0 radical (unpaired) electrons. The van der Waals surface area contributed by atoms with Crippen LogP contribution in [0, 0.1) is 0 Å². The second-order valence-electron chi connectivity index (χ2n) is 18.1. The third-order valence-corrected chi connectivity index (χ3v) is 11.5. The van der Waals surface area contributed by atoms with Gasteiger partial charge >= 0.3 is 17.9 Å². The molecule has 1 atom stereocenters. The lowest BCUT2D eigenvalue weighted by molar-refractivity contribution is -0.167. The fourth-order valence-electron chi connectivity index (χ4n) is 7.36. The lowest BCUT2D eigenvalue weighted by atomic mass is 10.1. The van der Waals surface area contributed by atoms with Crippen LogP contribution in [0.5, 0.6) is 0 Å². The van der Waals surface area contributed by atoms with Crippen molar-refractivity contribution in [1.29, 1.82) is 0 Å². The van der Waals surface area contributed by atoms with Crippen molar-refractivity contribution >= 4 is 17.9 Å². The molecule has 67 heavy (non-hydrogen) atoms. The standard InChI is InChI=1S/C61H102O6/c1-4-7-10-13-16-19-22-24-26-28-30-32-34-36-39-42-45-48-51-54-60(63)66-57-58(56-65-59(62)53-50-47-44-41-38-21-18-15-12-9-6-3)67-61(64)55-52-49-46-43-40-37-35-33-31-29-27-25-23-20-17-14-11-8-5-2/h7,10,15-20,24-27,30-33,58H,4-6,8-9,11-14,21-23,28-29,34-57H2,1-3H3/b10-7-,18-15-,19-16-,20-17-,26-24-,27-25-,32-30-,33-31-. The fraction of sp³-hybridized carbons (Fsp3) is 0.689. The molecule has 0 aliphatic heterocycles. The first-order valence-corrected chi connectivity index (χ1v) is 27.7. The number of ether oxygens (including phenoxy) is 3. The second kappa shape index (κ2) is 54.9. The average molecular weight is 931 g/mol. The quantitative estimate of drug-likeness (QED) is 0.0262. The summed E-state index contributed by atoms with van der Waals surface area (Å²) in [5.41, 5.74) is 0. The van der Waals surface area contributed by atoms with Gasteiger partial charge in [0.1, 0.15) is 13.2 Å². The summed E-state index contributed by atoms with van der Waals surface area (Å²) in [6, 6.07) is 0. The first-order chi connectivity index (χ1) is 33.0. The molecule has 1 unspecified atom stereocenters. The van der Waals surface area contributed by atoms with Crippen LogP contribution in [-0.4, -0.2) is 37.2 Å². The maximum atomic E-state index is 12.8. The van der Waals surface area contributed by atoms with Crippen molar-refractivity contribution in [2.75, 3.05) is 13.2 Å². The SMILES string of the molecule is CC/C=C\C/C=C\C/C=C\C/C=C\CCCCCCCCC(=O)OCC(COC(=O)CCCCCCC/C=C\CCCC)OC(=O)CCCCCCCC/C=C\C/C=C\C/C=C\CCCCC. The average Bonchev–Trinajstić information content (AvgIpc) is 3.33. The van der Waals surface area contributed by atoms with Crippen molar-refractivity contribution < 1.29 is 28.6 Å². The van der Waals surface area contributed by atoms with E-state index in [1.807, 2.05) is 0 Å². The van der Waals surface area contributed by atoms with Crippen LogP contribution in [0.2, 0.25) is 0 Å². The molecule has 0 heterocycles. The Bertz CT molecular complexity index is 1350. The van der Waals surface area contributed by atoms with E-state index in [0.29, 0.717) is 19.3 Å². The van der Waals surface area contributed by atoms with E-state index in [9.17, 15) is 14.4 Å². The van der Waals surface area contributed by atoms with Crippen molar-refractivity contribution in [3.63, 3.8) is 0 Å². The largest absolute Gasteiger partial charge is 0.462 e. The van der Waals surface area contributed by atoms with Crippen molar-refractivity contribution in [2.24, 2.45) is 0 Å². The van der Waals surface area contributed by atoms with Crippen molar-refractivity contribution in [3.05, 3.63) is 97.2 Å². The van der Waals surface area contributed by atoms with Gasteiger partial charge in [0, 0.05) is 19.3 Å². The van der Waals surface area contributed by atoms with Gasteiger partial charge in [-0.15, -0.1) is 0 Å². The number of carbonyl (C=O) groups is 3. The van der Waals surface area contributed by atoms with Gasteiger partial charge in [0.15, 0.2) is 6.10 Å². The van der Waals surface area contributed by atoms with Crippen LogP contribution in [0.4, 0.5) is 0 Å². The Hall–Kier alpha value is -3.67. The number of hydrogen-bond donors (Lipinski definition) is 0. The van der Waals surface area contributed by atoms with E-state index in [-0.39, 0.29) is 31.1 Å². The molecule has 6 heteroatoms. The van der Waals surface area contributed by atoms with Crippen LogP contribution in [0.3, 0.4) is 0 Å². The molecule has 6 nitrogen and oxygen atoms in total. The minimum atomic E-state index is -0.795.